The Bertz CT molecular complexity index is 170. The van der Waals surface area contributed by atoms with Gasteiger partial charge in [-0.2, -0.15) is 13.2 Å². The molecule has 0 aliphatic rings. The van der Waals surface area contributed by atoms with Crippen LogP contribution in [-0.2, 0) is 0 Å². The lowest BCUT2D eigenvalue weighted by molar-refractivity contribution is -0.136. The number of alkyl halides is 3. The number of amides is 1. The average molecular weight is 199 g/mol. The summed E-state index contributed by atoms with van der Waals surface area (Å²) in [6.07, 6.45) is -6.48. The summed E-state index contributed by atoms with van der Waals surface area (Å²) in [4.78, 5) is 11.3. The van der Waals surface area contributed by atoms with Crippen molar-refractivity contribution in [1.29, 1.82) is 0 Å². The maximum atomic E-state index is 11.6. The minimum Gasteiger partial charge on any atom is -0.465 e. The van der Waals surface area contributed by atoms with E-state index in [4.69, 9.17) is 5.11 Å². The van der Waals surface area contributed by atoms with Gasteiger partial charge in [-0.05, 0) is 13.3 Å². The Kier molecular flexibility index (Phi) is 4.58. The van der Waals surface area contributed by atoms with Gasteiger partial charge in [-0.15, -0.1) is 0 Å². The van der Waals surface area contributed by atoms with Crippen LogP contribution in [0.1, 0.15) is 19.8 Å². The standard InChI is InChI=1S/C7H12F3NO2/c1-2-11(6(12)13)5-3-4-7(8,9)10/h2-5H2,1H3,(H,12,13). The Labute approximate surface area is 74.1 Å². The van der Waals surface area contributed by atoms with E-state index in [-0.39, 0.29) is 19.5 Å². The van der Waals surface area contributed by atoms with Gasteiger partial charge < -0.3 is 10.0 Å². The van der Waals surface area contributed by atoms with Gasteiger partial charge in [0.25, 0.3) is 0 Å². The summed E-state index contributed by atoms with van der Waals surface area (Å²) in [5, 5.41) is 8.45. The molecule has 0 radical (unpaired) electrons. The zero-order valence-electron chi connectivity index (χ0n) is 7.26. The fourth-order valence-corrected chi connectivity index (χ4v) is 0.859. The van der Waals surface area contributed by atoms with E-state index in [1.807, 2.05) is 0 Å². The van der Waals surface area contributed by atoms with Crippen molar-refractivity contribution in [2.75, 3.05) is 13.1 Å². The first-order valence-electron chi connectivity index (χ1n) is 3.91. The van der Waals surface area contributed by atoms with Gasteiger partial charge in [0.05, 0.1) is 0 Å². The van der Waals surface area contributed by atoms with Crippen LogP contribution in [0.5, 0.6) is 0 Å². The summed E-state index contributed by atoms with van der Waals surface area (Å²) < 4.78 is 34.9. The molecule has 0 rings (SSSR count). The molecule has 0 aromatic heterocycles. The van der Waals surface area contributed by atoms with Crippen LogP contribution in [0.4, 0.5) is 18.0 Å². The number of carbonyl (C=O) groups is 1. The molecule has 0 atom stereocenters. The largest absolute Gasteiger partial charge is 0.465 e. The first-order valence-corrected chi connectivity index (χ1v) is 3.91. The molecule has 0 spiro atoms. The quantitative estimate of drug-likeness (QED) is 0.754. The normalized spacial score (nSPS) is 11.4. The number of hydrogen-bond acceptors (Lipinski definition) is 1. The molecular formula is C7H12F3NO2. The molecule has 0 aromatic carbocycles. The number of carboxylic acid groups (broad SMARTS) is 1. The Balaban J connectivity index is 3.68. The van der Waals surface area contributed by atoms with E-state index >= 15 is 0 Å². The van der Waals surface area contributed by atoms with Gasteiger partial charge in [-0.25, -0.2) is 4.79 Å². The predicted octanol–water partition coefficient (Wildman–Crippen LogP) is 2.33. The van der Waals surface area contributed by atoms with Gasteiger partial charge in [0, 0.05) is 19.5 Å². The molecule has 0 aliphatic heterocycles. The first-order chi connectivity index (χ1) is 5.87. The molecule has 0 saturated carbocycles. The van der Waals surface area contributed by atoms with Crippen LogP contribution in [0, 0.1) is 0 Å². The van der Waals surface area contributed by atoms with Crippen molar-refractivity contribution < 1.29 is 23.1 Å². The van der Waals surface area contributed by atoms with Crippen LogP contribution < -0.4 is 0 Å². The molecule has 0 saturated heterocycles. The van der Waals surface area contributed by atoms with Crippen molar-refractivity contribution in [1.82, 2.24) is 4.90 Å². The summed E-state index contributed by atoms with van der Waals surface area (Å²) in [5.74, 6) is 0. The van der Waals surface area contributed by atoms with E-state index in [1.165, 1.54) is 0 Å². The molecule has 3 nitrogen and oxygen atoms in total. The monoisotopic (exact) mass is 199 g/mol. The van der Waals surface area contributed by atoms with Crippen molar-refractivity contribution in [3.63, 3.8) is 0 Å². The maximum Gasteiger partial charge on any atom is 0.407 e. The Hall–Kier alpha value is -0.940. The lowest BCUT2D eigenvalue weighted by atomic mass is 10.3. The van der Waals surface area contributed by atoms with E-state index in [9.17, 15) is 18.0 Å². The molecule has 0 heterocycles. The predicted molar refractivity (Wildman–Crippen MR) is 40.6 cm³/mol. The highest BCUT2D eigenvalue weighted by Crippen LogP contribution is 2.21. The molecule has 0 unspecified atom stereocenters. The lowest BCUT2D eigenvalue weighted by Gasteiger charge is -2.16. The van der Waals surface area contributed by atoms with Gasteiger partial charge in [0.2, 0.25) is 0 Å². The molecule has 0 aromatic rings. The molecule has 1 amide bonds. The van der Waals surface area contributed by atoms with Crippen LogP contribution in [0.15, 0.2) is 0 Å². The third-order valence-electron chi connectivity index (χ3n) is 1.54. The van der Waals surface area contributed by atoms with Crippen LogP contribution in [0.3, 0.4) is 0 Å². The number of nitrogens with zero attached hydrogens (tertiary/aromatic N) is 1. The highest BCUT2D eigenvalue weighted by molar-refractivity contribution is 5.64. The van der Waals surface area contributed by atoms with Crippen LogP contribution >= 0.6 is 0 Å². The molecule has 0 bridgehead atoms. The number of rotatable bonds is 4. The Morgan fingerprint density at radius 2 is 2.00 bits per heavy atom. The molecule has 0 aliphatic carbocycles. The first kappa shape index (κ1) is 12.1. The molecule has 13 heavy (non-hydrogen) atoms. The third kappa shape index (κ3) is 6.24. The van der Waals surface area contributed by atoms with Crippen molar-refractivity contribution in [2.24, 2.45) is 0 Å². The fraction of sp³-hybridized carbons (Fsp3) is 0.857. The van der Waals surface area contributed by atoms with Gasteiger partial charge in [-0.3, -0.25) is 0 Å². The van der Waals surface area contributed by atoms with Crippen molar-refractivity contribution in [2.45, 2.75) is 25.9 Å². The van der Waals surface area contributed by atoms with Crippen molar-refractivity contribution in [3.05, 3.63) is 0 Å². The van der Waals surface area contributed by atoms with Gasteiger partial charge >= 0.3 is 12.3 Å². The second-order valence-corrected chi connectivity index (χ2v) is 2.58. The van der Waals surface area contributed by atoms with Crippen molar-refractivity contribution in [3.8, 4) is 0 Å². The van der Waals surface area contributed by atoms with Crippen LogP contribution in [0.25, 0.3) is 0 Å². The summed E-state index contributed by atoms with van der Waals surface area (Å²) >= 11 is 0. The summed E-state index contributed by atoms with van der Waals surface area (Å²) in [6.45, 7) is 1.74. The van der Waals surface area contributed by atoms with Crippen molar-refractivity contribution >= 4 is 6.09 Å². The van der Waals surface area contributed by atoms with E-state index in [0.717, 1.165) is 4.90 Å². The minimum absolute atomic E-state index is 0.0641. The van der Waals surface area contributed by atoms with Gasteiger partial charge in [0.15, 0.2) is 0 Å². The molecular weight excluding hydrogens is 187 g/mol. The average Bonchev–Trinajstić information content (AvgIpc) is 1.95. The van der Waals surface area contributed by atoms with E-state index < -0.39 is 18.7 Å². The second-order valence-electron chi connectivity index (χ2n) is 2.58. The number of hydrogen-bond donors (Lipinski definition) is 1. The van der Waals surface area contributed by atoms with Gasteiger partial charge in [-0.1, -0.05) is 0 Å². The van der Waals surface area contributed by atoms with E-state index in [2.05, 4.69) is 0 Å². The highest BCUT2D eigenvalue weighted by Gasteiger charge is 2.26. The maximum absolute atomic E-state index is 11.6. The van der Waals surface area contributed by atoms with Crippen LogP contribution in [0.2, 0.25) is 0 Å². The Morgan fingerprint density at radius 3 is 2.31 bits per heavy atom. The SMILES string of the molecule is CCN(CCCC(F)(F)F)C(=O)O. The smallest absolute Gasteiger partial charge is 0.407 e. The zero-order chi connectivity index (χ0) is 10.5. The molecule has 78 valence electrons. The lowest BCUT2D eigenvalue weighted by Crippen LogP contribution is -2.30. The molecule has 0 fully saturated rings. The summed E-state index contributed by atoms with van der Waals surface area (Å²) in [6, 6.07) is 0. The fourth-order valence-electron chi connectivity index (χ4n) is 0.859. The molecule has 1 N–H and O–H groups in total. The van der Waals surface area contributed by atoms with E-state index in [0.29, 0.717) is 0 Å². The topological polar surface area (TPSA) is 40.5 Å². The van der Waals surface area contributed by atoms with Crippen LogP contribution in [-0.4, -0.2) is 35.4 Å². The number of halogens is 3. The van der Waals surface area contributed by atoms with Gasteiger partial charge in [0.1, 0.15) is 0 Å². The summed E-state index contributed by atoms with van der Waals surface area (Å²) in [5.41, 5.74) is 0. The second kappa shape index (κ2) is 4.94. The zero-order valence-corrected chi connectivity index (χ0v) is 7.26. The third-order valence-corrected chi connectivity index (χ3v) is 1.54. The summed E-state index contributed by atoms with van der Waals surface area (Å²) in [7, 11) is 0. The highest BCUT2D eigenvalue weighted by atomic mass is 19.4. The Morgan fingerprint density at radius 1 is 1.46 bits per heavy atom. The molecule has 6 heteroatoms. The van der Waals surface area contributed by atoms with E-state index in [1.54, 1.807) is 6.92 Å². The minimum atomic E-state index is -4.20.